The third-order valence-electron chi connectivity index (χ3n) is 4.66. The van der Waals surface area contributed by atoms with Crippen LogP contribution in [0.3, 0.4) is 0 Å². The first-order valence-corrected chi connectivity index (χ1v) is 9.96. The molecular formula is C18H23N3O5S. The second kappa shape index (κ2) is 8.51. The van der Waals surface area contributed by atoms with Crippen LogP contribution < -0.4 is 10.6 Å². The van der Waals surface area contributed by atoms with Gasteiger partial charge in [0.15, 0.2) is 6.10 Å². The van der Waals surface area contributed by atoms with Crippen LogP contribution in [-0.2, 0) is 14.3 Å². The van der Waals surface area contributed by atoms with E-state index in [0.717, 1.165) is 12.8 Å². The summed E-state index contributed by atoms with van der Waals surface area (Å²) in [5, 5.41) is 6.67. The number of likely N-dealkylation sites (tertiary alicyclic amines) is 1. The first-order valence-electron chi connectivity index (χ1n) is 9.08. The average Bonchev–Trinajstić information content (AvgIpc) is 3.29. The summed E-state index contributed by atoms with van der Waals surface area (Å²) in [6.07, 6.45) is 1.77. The van der Waals surface area contributed by atoms with Crippen LogP contribution >= 0.6 is 11.3 Å². The number of nitrogens with zero attached hydrogens (tertiary/aromatic N) is 1. The van der Waals surface area contributed by atoms with E-state index < -0.39 is 24.0 Å². The number of hydrogen-bond acceptors (Lipinski definition) is 6. The van der Waals surface area contributed by atoms with Crippen LogP contribution in [0.1, 0.15) is 42.3 Å². The highest BCUT2D eigenvalue weighted by atomic mass is 32.1. The van der Waals surface area contributed by atoms with Gasteiger partial charge in [0.1, 0.15) is 0 Å². The maximum atomic E-state index is 12.3. The Morgan fingerprint density at radius 1 is 1.19 bits per heavy atom. The summed E-state index contributed by atoms with van der Waals surface area (Å²) in [5.41, 5.74) is 0. The van der Waals surface area contributed by atoms with Gasteiger partial charge in [-0.25, -0.2) is 4.79 Å². The van der Waals surface area contributed by atoms with E-state index in [-0.39, 0.29) is 17.9 Å². The molecule has 2 heterocycles. The molecule has 1 saturated heterocycles. The molecule has 1 atom stereocenters. The van der Waals surface area contributed by atoms with Gasteiger partial charge in [-0.1, -0.05) is 6.07 Å². The monoisotopic (exact) mass is 393 g/mol. The third kappa shape index (κ3) is 5.29. The van der Waals surface area contributed by atoms with E-state index in [2.05, 4.69) is 10.6 Å². The number of esters is 1. The molecule has 9 heteroatoms. The van der Waals surface area contributed by atoms with Gasteiger partial charge in [0, 0.05) is 19.1 Å². The number of amides is 4. The predicted molar refractivity (Wildman–Crippen MR) is 98.2 cm³/mol. The molecule has 1 aliphatic carbocycles. The lowest BCUT2D eigenvalue weighted by Crippen LogP contribution is -2.46. The Kier molecular flexibility index (Phi) is 6.10. The quantitative estimate of drug-likeness (QED) is 0.738. The number of piperidine rings is 1. The fourth-order valence-corrected chi connectivity index (χ4v) is 3.55. The highest BCUT2D eigenvalue weighted by Crippen LogP contribution is 2.22. The van der Waals surface area contributed by atoms with Gasteiger partial charge in [-0.3, -0.25) is 19.7 Å². The van der Waals surface area contributed by atoms with Gasteiger partial charge in [0.05, 0.1) is 10.8 Å². The maximum Gasteiger partial charge on any atom is 0.321 e. The minimum absolute atomic E-state index is 0.0220. The van der Waals surface area contributed by atoms with Gasteiger partial charge in [-0.2, -0.15) is 0 Å². The largest absolute Gasteiger partial charge is 0.452 e. The van der Waals surface area contributed by atoms with Crippen LogP contribution in [0.4, 0.5) is 4.79 Å². The van der Waals surface area contributed by atoms with E-state index in [9.17, 15) is 19.2 Å². The summed E-state index contributed by atoms with van der Waals surface area (Å²) in [4.78, 5) is 50.5. The zero-order valence-corrected chi connectivity index (χ0v) is 15.9. The lowest BCUT2D eigenvalue weighted by atomic mass is 9.97. The highest BCUT2D eigenvalue weighted by molar-refractivity contribution is 7.12. The number of nitrogens with one attached hydrogen (secondary N) is 2. The molecule has 8 nitrogen and oxygen atoms in total. The molecule has 4 amide bonds. The molecule has 0 spiro atoms. The molecule has 2 aliphatic rings. The molecular weight excluding hydrogens is 370 g/mol. The van der Waals surface area contributed by atoms with Crippen molar-refractivity contribution in [3.63, 3.8) is 0 Å². The molecule has 2 fully saturated rings. The normalized spacial score (nSPS) is 18.5. The Labute approximate surface area is 161 Å². The summed E-state index contributed by atoms with van der Waals surface area (Å²) >= 11 is 1.40. The number of carbonyl (C=O) groups is 4. The number of hydrogen-bond donors (Lipinski definition) is 2. The van der Waals surface area contributed by atoms with Crippen LogP contribution in [0, 0.1) is 5.92 Å². The standard InChI is InChI=1S/C18H23N3O5S/c1-11(15(22)20-18(25)19-13-4-5-13)26-17(24)12-6-8-21(9-7-12)16(23)14-3-2-10-27-14/h2-3,10-13H,4-9H2,1H3,(H2,19,20,22,25). The number of imide groups is 1. The summed E-state index contributed by atoms with van der Waals surface area (Å²) in [6.45, 7) is 2.38. The van der Waals surface area contributed by atoms with E-state index in [4.69, 9.17) is 4.74 Å². The van der Waals surface area contributed by atoms with Crippen LogP contribution in [0.2, 0.25) is 0 Å². The maximum absolute atomic E-state index is 12.3. The zero-order chi connectivity index (χ0) is 19.4. The van der Waals surface area contributed by atoms with Gasteiger partial charge in [0.25, 0.3) is 11.8 Å². The van der Waals surface area contributed by atoms with Gasteiger partial charge in [-0.15, -0.1) is 11.3 Å². The molecule has 2 N–H and O–H groups in total. The molecule has 1 aromatic rings. The molecule has 0 aromatic carbocycles. The summed E-state index contributed by atoms with van der Waals surface area (Å²) in [7, 11) is 0. The van der Waals surface area contributed by atoms with Crippen LogP contribution in [-0.4, -0.2) is 54.0 Å². The minimum atomic E-state index is -1.05. The topological polar surface area (TPSA) is 105 Å². The molecule has 146 valence electrons. The number of rotatable bonds is 5. The van der Waals surface area contributed by atoms with E-state index in [1.165, 1.54) is 18.3 Å². The van der Waals surface area contributed by atoms with E-state index >= 15 is 0 Å². The minimum Gasteiger partial charge on any atom is -0.452 e. The Morgan fingerprint density at radius 3 is 2.48 bits per heavy atom. The van der Waals surface area contributed by atoms with Crippen molar-refractivity contribution in [3.8, 4) is 0 Å². The average molecular weight is 393 g/mol. The van der Waals surface area contributed by atoms with Crippen molar-refractivity contribution in [2.45, 2.75) is 44.8 Å². The smallest absolute Gasteiger partial charge is 0.321 e. The van der Waals surface area contributed by atoms with Crippen molar-refractivity contribution < 1.29 is 23.9 Å². The second-order valence-electron chi connectivity index (χ2n) is 6.86. The van der Waals surface area contributed by atoms with Crippen molar-refractivity contribution in [1.29, 1.82) is 0 Å². The fourth-order valence-electron chi connectivity index (χ4n) is 2.86. The van der Waals surface area contributed by atoms with Crippen molar-refractivity contribution in [2.24, 2.45) is 5.92 Å². The van der Waals surface area contributed by atoms with Crippen LogP contribution in [0.5, 0.6) is 0 Å². The van der Waals surface area contributed by atoms with Crippen molar-refractivity contribution in [2.75, 3.05) is 13.1 Å². The summed E-state index contributed by atoms with van der Waals surface area (Å²) in [5.74, 6) is -1.49. The van der Waals surface area contributed by atoms with Gasteiger partial charge >= 0.3 is 12.0 Å². The molecule has 0 bridgehead atoms. The first-order chi connectivity index (χ1) is 12.9. The van der Waals surface area contributed by atoms with Crippen molar-refractivity contribution in [1.82, 2.24) is 15.5 Å². The summed E-state index contributed by atoms with van der Waals surface area (Å²) < 4.78 is 5.21. The number of thiophene rings is 1. The first kappa shape index (κ1) is 19.3. The van der Waals surface area contributed by atoms with Crippen molar-refractivity contribution >= 4 is 35.2 Å². The van der Waals surface area contributed by atoms with Gasteiger partial charge < -0.3 is 15.0 Å². The van der Waals surface area contributed by atoms with E-state index in [1.54, 1.807) is 11.0 Å². The number of ether oxygens (including phenoxy) is 1. The molecule has 3 rings (SSSR count). The lowest BCUT2D eigenvalue weighted by Gasteiger charge is -2.31. The van der Waals surface area contributed by atoms with E-state index in [0.29, 0.717) is 30.8 Å². The Bertz CT molecular complexity index is 709. The molecule has 1 saturated carbocycles. The van der Waals surface area contributed by atoms with Crippen LogP contribution in [0.15, 0.2) is 17.5 Å². The second-order valence-corrected chi connectivity index (χ2v) is 7.81. The highest BCUT2D eigenvalue weighted by Gasteiger charge is 2.31. The Hall–Kier alpha value is -2.42. The molecule has 27 heavy (non-hydrogen) atoms. The predicted octanol–water partition coefficient (Wildman–Crippen LogP) is 1.52. The molecule has 0 radical (unpaired) electrons. The Morgan fingerprint density at radius 2 is 1.89 bits per heavy atom. The fraction of sp³-hybridized carbons (Fsp3) is 0.556. The molecule has 1 aromatic heterocycles. The van der Waals surface area contributed by atoms with Crippen LogP contribution in [0.25, 0.3) is 0 Å². The lowest BCUT2D eigenvalue weighted by molar-refractivity contribution is -0.159. The zero-order valence-electron chi connectivity index (χ0n) is 15.1. The van der Waals surface area contributed by atoms with Gasteiger partial charge in [0.2, 0.25) is 0 Å². The van der Waals surface area contributed by atoms with Gasteiger partial charge in [-0.05, 0) is 44.1 Å². The molecule has 1 aliphatic heterocycles. The Balaban J connectivity index is 1.41. The third-order valence-corrected chi connectivity index (χ3v) is 5.52. The SMILES string of the molecule is CC(OC(=O)C1CCN(C(=O)c2cccs2)CC1)C(=O)NC(=O)NC1CC1. The number of urea groups is 1. The van der Waals surface area contributed by atoms with E-state index in [1.807, 2.05) is 11.4 Å². The number of carbonyl (C=O) groups excluding carboxylic acids is 4. The van der Waals surface area contributed by atoms with Crippen molar-refractivity contribution in [3.05, 3.63) is 22.4 Å². The molecule has 1 unspecified atom stereocenters. The summed E-state index contributed by atoms with van der Waals surface area (Å²) in [6, 6.07) is 3.19.